The van der Waals surface area contributed by atoms with Gasteiger partial charge in [-0.25, -0.2) is 0 Å². The van der Waals surface area contributed by atoms with Crippen molar-refractivity contribution in [3.8, 4) is 0 Å². The summed E-state index contributed by atoms with van der Waals surface area (Å²) in [6.07, 6.45) is 3.16. The molecule has 6 heteroatoms. The fourth-order valence-electron chi connectivity index (χ4n) is 3.37. The minimum atomic E-state index is -0.470. The molecule has 2 atom stereocenters. The topological polar surface area (TPSA) is 75.5 Å². The van der Waals surface area contributed by atoms with E-state index in [1.807, 2.05) is 0 Å². The Hall–Kier alpha value is -1.95. The first-order valence-corrected chi connectivity index (χ1v) is 7.35. The molecule has 2 fully saturated rings. The van der Waals surface area contributed by atoms with Gasteiger partial charge in [0.1, 0.15) is 5.56 Å². The molecule has 112 valence electrons. The highest BCUT2D eigenvalue weighted by atomic mass is 16.6. The van der Waals surface area contributed by atoms with Gasteiger partial charge in [0.15, 0.2) is 0 Å². The van der Waals surface area contributed by atoms with E-state index in [4.69, 9.17) is 0 Å². The SMILES string of the molecule is Cc1cccc([N+](=O)[O-])c1C(=O)N1CCC2CCC(C1)N2. The van der Waals surface area contributed by atoms with Crippen LogP contribution in [-0.2, 0) is 0 Å². The first kappa shape index (κ1) is 14.0. The van der Waals surface area contributed by atoms with Crippen LogP contribution in [0.15, 0.2) is 18.2 Å². The van der Waals surface area contributed by atoms with Gasteiger partial charge in [-0.05, 0) is 31.7 Å². The van der Waals surface area contributed by atoms with Crippen LogP contribution in [0.4, 0.5) is 5.69 Å². The summed E-state index contributed by atoms with van der Waals surface area (Å²) < 4.78 is 0. The van der Waals surface area contributed by atoms with Gasteiger partial charge < -0.3 is 10.2 Å². The van der Waals surface area contributed by atoms with E-state index in [-0.39, 0.29) is 17.2 Å². The number of aryl methyl sites for hydroxylation is 1. The smallest absolute Gasteiger partial charge is 0.282 e. The molecule has 6 nitrogen and oxygen atoms in total. The van der Waals surface area contributed by atoms with Crippen LogP contribution in [0.25, 0.3) is 0 Å². The average molecular weight is 289 g/mol. The summed E-state index contributed by atoms with van der Waals surface area (Å²) in [5, 5.41) is 14.7. The second-order valence-corrected chi connectivity index (χ2v) is 5.90. The van der Waals surface area contributed by atoms with Crippen LogP contribution in [-0.4, -0.2) is 40.9 Å². The number of nitrogens with zero attached hydrogens (tertiary/aromatic N) is 2. The van der Waals surface area contributed by atoms with Gasteiger partial charge in [0.25, 0.3) is 11.6 Å². The van der Waals surface area contributed by atoms with Crippen LogP contribution >= 0.6 is 0 Å². The van der Waals surface area contributed by atoms with Crippen LogP contribution in [0, 0.1) is 17.0 Å². The van der Waals surface area contributed by atoms with Crippen LogP contribution in [0.3, 0.4) is 0 Å². The number of carbonyl (C=O) groups is 1. The fraction of sp³-hybridized carbons (Fsp3) is 0.533. The predicted molar refractivity (Wildman–Crippen MR) is 78.3 cm³/mol. The molecule has 1 aromatic rings. The number of carbonyl (C=O) groups excluding carboxylic acids is 1. The number of benzene rings is 1. The summed E-state index contributed by atoms with van der Waals surface area (Å²) in [4.78, 5) is 25.2. The molecule has 0 aliphatic carbocycles. The molecule has 1 aromatic carbocycles. The highest BCUT2D eigenvalue weighted by Gasteiger charge is 2.33. The van der Waals surface area contributed by atoms with E-state index in [0.29, 0.717) is 30.7 Å². The Labute approximate surface area is 123 Å². The Morgan fingerprint density at radius 1 is 1.33 bits per heavy atom. The minimum Gasteiger partial charge on any atom is -0.337 e. The van der Waals surface area contributed by atoms with Crippen molar-refractivity contribution in [1.82, 2.24) is 10.2 Å². The number of nitrogens with one attached hydrogen (secondary N) is 1. The van der Waals surface area contributed by atoms with Crippen LogP contribution in [0.5, 0.6) is 0 Å². The lowest BCUT2D eigenvalue weighted by Crippen LogP contribution is -2.39. The van der Waals surface area contributed by atoms with E-state index >= 15 is 0 Å². The van der Waals surface area contributed by atoms with Gasteiger partial charge in [-0.2, -0.15) is 0 Å². The zero-order valence-corrected chi connectivity index (χ0v) is 12.0. The largest absolute Gasteiger partial charge is 0.337 e. The van der Waals surface area contributed by atoms with Gasteiger partial charge in [-0.3, -0.25) is 14.9 Å². The Balaban J connectivity index is 1.90. The number of nitro groups is 1. The van der Waals surface area contributed by atoms with E-state index in [0.717, 1.165) is 19.3 Å². The van der Waals surface area contributed by atoms with Crippen LogP contribution < -0.4 is 5.32 Å². The lowest BCUT2D eigenvalue weighted by atomic mass is 10.0. The quantitative estimate of drug-likeness (QED) is 0.666. The fourth-order valence-corrected chi connectivity index (χ4v) is 3.37. The number of likely N-dealkylation sites (tertiary alicyclic amines) is 1. The van der Waals surface area contributed by atoms with Crippen LogP contribution in [0.2, 0.25) is 0 Å². The van der Waals surface area contributed by atoms with E-state index in [1.54, 1.807) is 24.0 Å². The molecule has 0 aromatic heterocycles. The van der Waals surface area contributed by atoms with Crippen molar-refractivity contribution in [2.45, 2.75) is 38.3 Å². The lowest BCUT2D eigenvalue weighted by Gasteiger charge is -2.24. The monoisotopic (exact) mass is 289 g/mol. The standard InChI is InChI=1S/C15H19N3O3/c1-10-3-2-4-13(18(20)21)14(10)15(19)17-8-7-11-5-6-12(9-17)16-11/h2-4,11-12,16H,5-9H2,1H3. The number of rotatable bonds is 2. The zero-order valence-electron chi connectivity index (χ0n) is 12.0. The highest BCUT2D eigenvalue weighted by Crippen LogP contribution is 2.26. The van der Waals surface area contributed by atoms with Gasteiger partial charge in [0, 0.05) is 31.2 Å². The molecule has 2 unspecified atom stereocenters. The number of hydrogen-bond donors (Lipinski definition) is 1. The summed E-state index contributed by atoms with van der Waals surface area (Å²) in [5.74, 6) is -0.214. The Kier molecular flexibility index (Phi) is 3.63. The first-order chi connectivity index (χ1) is 10.1. The zero-order chi connectivity index (χ0) is 15.0. The molecule has 2 saturated heterocycles. The van der Waals surface area contributed by atoms with E-state index in [9.17, 15) is 14.9 Å². The minimum absolute atomic E-state index is 0.0950. The number of nitro benzene ring substituents is 1. The lowest BCUT2D eigenvalue weighted by molar-refractivity contribution is -0.385. The summed E-state index contributed by atoms with van der Waals surface area (Å²) >= 11 is 0. The molecule has 1 amide bonds. The Morgan fingerprint density at radius 2 is 2.10 bits per heavy atom. The predicted octanol–water partition coefficient (Wildman–Crippen LogP) is 1.87. The normalized spacial score (nSPS) is 24.7. The first-order valence-electron chi connectivity index (χ1n) is 7.35. The van der Waals surface area contributed by atoms with Crippen molar-refractivity contribution < 1.29 is 9.72 Å². The molecule has 0 radical (unpaired) electrons. The van der Waals surface area contributed by atoms with Crippen molar-refractivity contribution in [3.05, 3.63) is 39.4 Å². The molecule has 2 aliphatic heterocycles. The Morgan fingerprint density at radius 3 is 2.86 bits per heavy atom. The van der Waals surface area contributed by atoms with E-state index in [1.165, 1.54) is 6.07 Å². The third-order valence-electron chi connectivity index (χ3n) is 4.47. The molecule has 21 heavy (non-hydrogen) atoms. The summed E-state index contributed by atoms with van der Waals surface area (Å²) in [6, 6.07) is 5.59. The maximum absolute atomic E-state index is 12.8. The van der Waals surface area contributed by atoms with Gasteiger partial charge in [-0.15, -0.1) is 0 Å². The maximum atomic E-state index is 12.8. The molecule has 1 N–H and O–H groups in total. The van der Waals surface area contributed by atoms with Crippen molar-refractivity contribution in [2.75, 3.05) is 13.1 Å². The molecule has 3 rings (SSSR count). The molecule has 2 bridgehead atoms. The average Bonchev–Trinajstić information content (AvgIpc) is 2.77. The van der Waals surface area contributed by atoms with Crippen LogP contribution in [0.1, 0.15) is 35.2 Å². The molecule has 2 aliphatic rings. The third-order valence-corrected chi connectivity index (χ3v) is 4.47. The van der Waals surface area contributed by atoms with Crippen molar-refractivity contribution in [1.29, 1.82) is 0 Å². The third kappa shape index (κ3) is 2.63. The van der Waals surface area contributed by atoms with E-state index < -0.39 is 4.92 Å². The Bertz CT molecular complexity index is 588. The van der Waals surface area contributed by atoms with E-state index in [2.05, 4.69) is 5.32 Å². The highest BCUT2D eigenvalue weighted by molar-refractivity contribution is 5.99. The van der Waals surface area contributed by atoms with Crippen molar-refractivity contribution >= 4 is 11.6 Å². The molecular formula is C15H19N3O3. The van der Waals surface area contributed by atoms with Gasteiger partial charge in [-0.1, -0.05) is 12.1 Å². The van der Waals surface area contributed by atoms with Gasteiger partial charge >= 0.3 is 0 Å². The molecule has 2 heterocycles. The van der Waals surface area contributed by atoms with Crippen molar-refractivity contribution in [3.63, 3.8) is 0 Å². The summed E-state index contributed by atoms with van der Waals surface area (Å²) in [7, 11) is 0. The molecule has 0 saturated carbocycles. The number of fused-ring (bicyclic) bond motifs is 2. The molecular weight excluding hydrogens is 270 g/mol. The summed E-state index contributed by atoms with van der Waals surface area (Å²) in [5.41, 5.74) is 0.805. The van der Waals surface area contributed by atoms with Crippen molar-refractivity contribution in [2.24, 2.45) is 0 Å². The summed E-state index contributed by atoms with van der Waals surface area (Å²) in [6.45, 7) is 3.06. The maximum Gasteiger partial charge on any atom is 0.282 e. The van der Waals surface area contributed by atoms with Gasteiger partial charge in [0.05, 0.1) is 4.92 Å². The second-order valence-electron chi connectivity index (χ2n) is 5.90. The number of amides is 1. The number of hydrogen-bond acceptors (Lipinski definition) is 4. The molecule has 0 spiro atoms. The van der Waals surface area contributed by atoms with Gasteiger partial charge in [0.2, 0.25) is 0 Å². The second kappa shape index (κ2) is 5.44.